The van der Waals surface area contributed by atoms with Crippen LogP contribution in [0.4, 0.5) is 13.2 Å². The van der Waals surface area contributed by atoms with Gasteiger partial charge < -0.3 is 6.15 Å². The fourth-order valence-electron chi connectivity index (χ4n) is 1.23. The van der Waals surface area contributed by atoms with E-state index in [4.69, 9.17) is 0 Å². The first-order valence-electron chi connectivity index (χ1n) is 3.62. The van der Waals surface area contributed by atoms with Crippen molar-refractivity contribution < 1.29 is 13.2 Å². The van der Waals surface area contributed by atoms with E-state index in [0.717, 1.165) is 0 Å². The van der Waals surface area contributed by atoms with Crippen LogP contribution in [0.3, 0.4) is 0 Å². The average molecular weight is 169 g/mol. The molecule has 3 unspecified atom stereocenters. The van der Waals surface area contributed by atoms with Crippen LogP contribution in [-0.2, 0) is 0 Å². The second kappa shape index (κ2) is 4.59. The summed E-state index contributed by atoms with van der Waals surface area (Å²) < 4.78 is 37.4. The number of rotatable bonds is 0. The second-order valence-corrected chi connectivity index (χ2v) is 2.80. The van der Waals surface area contributed by atoms with E-state index in [2.05, 4.69) is 0 Å². The van der Waals surface area contributed by atoms with Gasteiger partial charge in [-0.05, 0) is 19.3 Å². The third-order valence-corrected chi connectivity index (χ3v) is 1.87. The number of halogens is 3. The lowest BCUT2D eigenvalue weighted by molar-refractivity contribution is 0.139. The summed E-state index contributed by atoms with van der Waals surface area (Å²) in [6, 6.07) is 0. The van der Waals surface area contributed by atoms with Crippen molar-refractivity contribution in [2.75, 3.05) is 0 Å². The summed E-state index contributed by atoms with van der Waals surface area (Å²) in [5.41, 5.74) is 0. The van der Waals surface area contributed by atoms with E-state index in [-0.39, 0.29) is 19.0 Å². The SMILES string of the molecule is FC1CCCC(F)C(F)C1.N. The van der Waals surface area contributed by atoms with Gasteiger partial charge in [-0.1, -0.05) is 0 Å². The molecule has 0 bridgehead atoms. The predicted molar refractivity (Wildman–Crippen MR) is 38.2 cm³/mol. The van der Waals surface area contributed by atoms with Gasteiger partial charge in [0.2, 0.25) is 0 Å². The summed E-state index contributed by atoms with van der Waals surface area (Å²) >= 11 is 0. The van der Waals surface area contributed by atoms with Crippen molar-refractivity contribution in [3.8, 4) is 0 Å². The van der Waals surface area contributed by atoms with Crippen molar-refractivity contribution in [2.45, 2.75) is 44.2 Å². The van der Waals surface area contributed by atoms with Crippen LogP contribution in [0.25, 0.3) is 0 Å². The van der Waals surface area contributed by atoms with Gasteiger partial charge in [0.25, 0.3) is 0 Å². The molecule has 0 aromatic rings. The molecule has 11 heavy (non-hydrogen) atoms. The Balaban J connectivity index is 0.000001000. The topological polar surface area (TPSA) is 35.0 Å². The van der Waals surface area contributed by atoms with E-state index >= 15 is 0 Å². The van der Waals surface area contributed by atoms with E-state index in [1.54, 1.807) is 0 Å². The molecule has 68 valence electrons. The molecule has 0 heterocycles. The van der Waals surface area contributed by atoms with Gasteiger partial charge in [0, 0.05) is 6.42 Å². The molecule has 1 aliphatic rings. The van der Waals surface area contributed by atoms with Crippen molar-refractivity contribution in [3.05, 3.63) is 0 Å². The Hall–Kier alpha value is -0.250. The van der Waals surface area contributed by atoms with Gasteiger partial charge in [0.1, 0.15) is 18.5 Å². The maximum Gasteiger partial charge on any atom is 0.134 e. The molecule has 1 fully saturated rings. The van der Waals surface area contributed by atoms with Gasteiger partial charge in [0.05, 0.1) is 0 Å². The van der Waals surface area contributed by atoms with E-state index < -0.39 is 18.5 Å². The highest BCUT2D eigenvalue weighted by Crippen LogP contribution is 2.24. The first-order chi connectivity index (χ1) is 4.70. The quantitative estimate of drug-likeness (QED) is 0.556. The molecule has 0 amide bonds. The van der Waals surface area contributed by atoms with Crippen LogP contribution < -0.4 is 6.15 Å². The highest BCUT2D eigenvalue weighted by atomic mass is 19.2. The van der Waals surface area contributed by atoms with Crippen LogP contribution in [0.5, 0.6) is 0 Å². The fourth-order valence-corrected chi connectivity index (χ4v) is 1.23. The van der Waals surface area contributed by atoms with E-state index in [1.165, 1.54) is 0 Å². The molecule has 3 atom stereocenters. The minimum absolute atomic E-state index is 0. The summed E-state index contributed by atoms with van der Waals surface area (Å²) in [4.78, 5) is 0. The van der Waals surface area contributed by atoms with Crippen LogP contribution in [0.15, 0.2) is 0 Å². The lowest BCUT2D eigenvalue weighted by atomic mass is 10.1. The van der Waals surface area contributed by atoms with E-state index in [0.29, 0.717) is 12.8 Å². The van der Waals surface area contributed by atoms with Crippen LogP contribution in [0.2, 0.25) is 0 Å². The maximum atomic E-state index is 12.5. The minimum Gasteiger partial charge on any atom is -0.344 e. The zero-order valence-corrected chi connectivity index (χ0v) is 6.40. The maximum absolute atomic E-state index is 12.5. The van der Waals surface area contributed by atoms with Gasteiger partial charge in [-0.3, -0.25) is 0 Å². The van der Waals surface area contributed by atoms with Gasteiger partial charge in [0.15, 0.2) is 0 Å². The molecular weight excluding hydrogens is 155 g/mol. The first-order valence-corrected chi connectivity index (χ1v) is 3.62. The summed E-state index contributed by atoms with van der Waals surface area (Å²) in [5, 5.41) is 0. The molecule has 3 N–H and O–H groups in total. The predicted octanol–water partition coefficient (Wildman–Crippen LogP) is 2.74. The highest BCUT2D eigenvalue weighted by molar-refractivity contribution is 4.76. The molecule has 0 aliphatic heterocycles. The average Bonchev–Trinajstić information content (AvgIpc) is 1.96. The molecule has 0 aromatic carbocycles. The minimum atomic E-state index is -1.57. The van der Waals surface area contributed by atoms with Crippen molar-refractivity contribution in [1.29, 1.82) is 0 Å². The largest absolute Gasteiger partial charge is 0.344 e. The molecular formula is C7H14F3N. The molecule has 0 aromatic heterocycles. The lowest BCUT2D eigenvalue weighted by Crippen LogP contribution is -2.17. The summed E-state index contributed by atoms with van der Waals surface area (Å²) in [7, 11) is 0. The third-order valence-electron chi connectivity index (χ3n) is 1.87. The Morgan fingerprint density at radius 1 is 0.909 bits per heavy atom. The van der Waals surface area contributed by atoms with Crippen LogP contribution >= 0.6 is 0 Å². The highest BCUT2D eigenvalue weighted by Gasteiger charge is 2.27. The smallest absolute Gasteiger partial charge is 0.134 e. The molecule has 1 rings (SSSR count). The number of hydrogen-bond donors (Lipinski definition) is 1. The van der Waals surface area contributed by atoms with Gasteiger partial charge >= 0.3 is 0 Å². The molecule has 0 saturated heterocycles. The third kappa shape index (κ3) is 3.10. The van der Waals surface area contributed by atoms with Crippen molar-refractivity contribution in [1.82, 2.24) is 6.15 Å². The van der Waals surface area contributed by atoms with Crippen molar-refractivity contribution >= 4 is 0 Å². The zero-order chi connectivity index (χ0) is 7.56. The van der Waals surface area contributed by atoms with Crippen molar-refractivity contribution in [2.24, 2.45) is 0 Å². The molecule has 1 nitrogen and oxygen atoms in total. The Kier molecular flexibility index (Phi) is 4.49. The van der Waals surface area contributed by atoms with Gasteiger partial charge in [-0.2, -0.15) is 0 Å². The normalized spacial score (nSPS) is 39.0. The first kappa shape index (κ1) is 10.8. The lowest BCUT2D eigenvalue weighted by Gasteiger charge is -2.08. The molecule has 1 saturated carbocycles. The van der Waals surface area contributed by atoms with E-state index in [1.807, 2.05) is 0 Å². The Morgan fingerprint density at radius 2 is 1.55 bits per heavy atom. The summed E-state index contributed by atoms with van der Waals surface area (Å²) in [6.45, 7) is 0. The zero-order valence-electron chi connectivity index (χ0n) is 6.40. The van der Waals surface area contributed by atoms with Crippen LogP contribution in [0, 0.1) is 0 Å². The summed E-state index contributed by atoms with van der Waals surface area (Å²) in [5.74, 6) is 0. The number of hydrogen-bond acceptors (Lipinski definition) is 1. The Morgan fingerprint density at radius 3 is 2.18 bits per heavy atom. The standard InChI is InChI=1S/C7H11F3.H3N/c8-5-2-1-3-6(9)7(10)4-5;/h5-7H,1-4H2;1H3. The van der Waals surface area contributed by atoms with Crippen LogP contribution in [-0.4, -0.2) is 18.5 Å². The molecule has 1 aliphatic carbocycles. The van der Waals surface area contributed by atoms with E-state index in [9.17, 15) is 13.2 Å². The van der Waals surface area contributed by atoms with Crippen molar-refractivity contribution in [3.63, 3.8) is 0 Å². The van der Waals surface area contributed by atoms with Crippen LogP contribution in [0.1, 0.15) is 25.7 Å². The Labute approximate surface area is 64.6 Å². The monoisotopic (exact) mass is 169 g/mol. The van der Waals surface area contributed by atoms with Gasteiger partial charge in [-0.25, -0.2) is 13.2 Å². The Bertz CT molecular complexity index is 110. The molecule has 0 radical (unpaired) electrons. The summed E-state index contributed by atoms with van der Waals surface area (Å²) in [6.07, 6.45) is -3.40. The number of alkyl halides is 3. The fraction of sp³-hybridized carbons (Fsp3) is 1.00. The molecule has 0 spiro atoms. The molecule has 4 heteroatoms. The second-order valence-electron chi connectivity index (χ2n) is 2.80. The van der Waals surface area contributed by atoms with Gasteiger partial charge in [-0.15, -0.1) is 0 Å².